The number of hydrogen-bond acceptors (Lipinski definition) is 8. The molecule has 4 atom stereocenters. The molecule has 0 aromatic rings. The summed E-state index contributed by atoms with van der Waals surface area (Å²) in [6.07, 6.45) is -1.00. The Hall–Kier alpha value is -3.75. The topological polar surface area (TPSA) is 271 Å². The molecule has 1 fully saturated rings. The third-order valence-corrected chi connectivity index (χ3v) is 4.91. The molecule has 1 heterocycles. The molecule has 0 spiro atoms. The summed E-state index contributed by atoms with van der Waals surface area (Å²) >= 11 is 0. The van der Waals surface area contributed by atoms with Gasteiger partial charge < -0.3 is 43.6 Å². The molecule has 1 rings (SSSR count). The summed E-state index contributed by atoms with van der Waals surface area (Å²) in [6, 6.07) is -5.29. The van der Waals surface area contributed by atoms with E-state index in [2.05, 4.69) is 10.6 Å². The van der Waals surface area contributed by atoms with Crippen molar-refractivity contribution in [2.75, 3.05) is 6.54 Å². The molecular formula is C18H29N7O8. The second-order valence-electron chi connectivity index (χ2n) is 7.60. The zero-order valence-electron chi connectivity index (χ0n) is 17.8. The summed E-state index contributed by atoms with van der Waals surface area (Å²) in [5.74, 6) is -6.41. The number of carbonyl (C=O) groups is 7. The number of primary amides is 3. The van der Waals surface area contributed by atoms with Crippen molar-refractivity contribution in [2.45, 2.75) is 62.7 Å². The predicted octanol–water partition coefficient (Wildman–Crippen LogP) is -4.62. The summed E-state index contributed by atoms with van der Waals surface area (Å²) in [5, 5.41) is 13.7. The van der Waals surface area contributed by atoms with E-state index in [1.54, 1.807) is 0 Å². The van der Waals surface area contributed by atoms with Crippen LogP contribution in [-0.4, -0.2) is 82.1 Å². The fourth-order valence-corrected chi connectivity index (χ4v) is 3.30. The number of rotatable bonds is 13. The molecule has 11 N–H and O–H groups in total. The lowest BCUT2D eigenvalue weighted by Crippen LogP contribution is -2.57. The minimum absolute atomic E-state index is 0.112. The number of hydrogen-bond donors (Lipinski definition) is 7. The molecule has 6 amide bonds. The fraction of sp³-hybridized carbons (Fsp3) is 0.611. The predicted molar refractivity (Wildman–Crippen MR) is 110 cm³/mol. The summed E-state index contributed by atoms with van der Waals surface area (Å²) in [5.41, 5.74) is 20.7. The number of carbonyl (C=O) groups excluding carboxylic acids is 6. The van der Waals surface area contributed by atoms with Gasteiger partial charge in [0.1, 0.15) is 18.1 Å². The summed E-state index contributed by atoms with van der Waals surface area (Å²) in [7, 11) is 0. The van der Waals surface area contributed by atoms with Gasteiger partial charge in [-0.2, -0.15) is 0 Å². The highest BCUT2D eigenvalue weighted by Gasteiger charge is 2.39. The van der Waals surface area contributed by atoms with Crippen molar-refractivity contribution in [3.63, 3.8) is 0 Å². The molecule has 33 heavy (non-hydrogen) atoms. The minimum Gasteiger partial charge on any atom is -0.480 e. The molecular weight excluding hydrogens is 442 g/mol. The Morgan fingerprint density at radius 3 is 2.03 bits per heavy atom. The van der Waals surface area contributed by atoms with Crippen LogP contribution in [0.15, 0.2) is 0 Å². The molecule has 0 aliphatic carbocycles. The van der Waals surface area contributed by atoms with Crippen molar-refractivity contribution in [3.8, 4) is 0 Å². The Morgan fingerprint density at radius 1 is 0.909 bits per heavy atom. The van der Waals surface area contributed by atoms with Crippen LogP contribution < -0.4 is 33.6 Å². The Kier molecular flexibility index (Phi) is 10.2. The van der Waals surface area contributed by atoms with Crippen LogP contribution >= 0.6 is 0 Å². The summed E-state index contributed by atoms with van der Waals surface area (Å²) in [6.45, 7) is 0.112. The Balaban J connectivity index is 2.99. The Morgan fingerprint density at radius 2 is 1.52 bits per heavy atom. The van der Waals surface area contributed by atoms with Gasteiger partial charge in [-0.1, -0.05) is 0 Å². The van der Waals surface area contributed by atoms with Gasteiger partial charge in [-0.25, -0.2) is 4.79 Å². The van der Waals surface area contributed by atoms with E-state index >= 15 is 0 Å². The summed E-state index contributed by atoms with van der Waals surface area (Å²) in [4.78, 5) is 83.7. The molecule has 1 aliphatic rings. The number of amides is 6. The highest BCUT2D eigenvalue weighted by atomic mass is 16.4. The van der Waals surface area contributed by atoms with Crippen LogP contribution in [0.5, 0.6) is 0 Å². The lowest BCUT2D eigenvalue weighted by atomic mass is 10.1. The smallest absolute Gasteiger partial charge is 0.326 e. The van der Waals surface area contributed by atoms with Crippen LogP contribution in [0.25, 0.3) is 0 Å². The van der Waals surface area contributed by atoms with Crippen molar-refractivity contribution >= 4 is 41.4 Å². The monoisotopic (exact) mass is 471 g/mol. The lowest BCUT2D eigenvalue weighted by molar-refractivity contribution is -0.146. The molecule has 0 radical (unpaired) electrons. The number of nitrogens with two attached hydrogens (primary N) is 4. The minimum atomic E-state index is -1.58. The van der Waals surface area contributed by atoms with Crippen LogP contribution in [0.2, 0.25) is 0 Å². The van der Waals surface area contributed by atoms with Gasteiger partial charge in [0.15, 0.2) is 0 Å². The highest BCUT2D eigenvalue weighted by molar-refractivity contribution is 5.96. The van der Waals surface area contributed by atoms with Gasteiger partial charge in [0.2, 0.25) is 35.4 Å². The molecule has 15 heteroatoms. The number of carboxylic acid groups (broad SMARTS) is 1. The molecule has 0 aromatic carbocycles. The van der Waals surface area contributed by atoms with Gasteiger partial charge in [-0.15, -0.1) is 0 Å². The second kappa shape index (κ2) is 12.3. The van der Waals surface area contributed by atoms with E-state index in [4.69, 9.17) is 22.9 Å². The van der Waals surface area contributed by atoms with Gasteiger partial charge in [-0.3, -0.25) is 28.8 Å². The van der Waals surface area contributed by atoms with Gasteiger partial charge in [-0.05, 0) is 19.3 Å². The fourth-order valence-electron chi connectivity index (χ4n) is 3.30. The van der Waals surface area contributed by atoms with E-state index in [0.29, 0.717) is 6.42 Å². The molecule has 0 bridgehead atoms. The third-order valence-electron chi connectivity index (χ3n) is 4.91. The molecule has 0 aromatic heterocycles. The molecule has 1 aliphatic heterocycles. The first kappa shape index (κ1) is 27.3. The molecule has 4 unspecified atom stereocenters. The van der Waals surface area contributed by atoms with Crippen LogP contribution in [-0.2, 0) is 33.6 Å². The highest BCUT2D eigenvalue weighted by Crippen LogP contribution is 2.20. The SMILES string of the molecule is NC(=O)CCC(NC(=O)C(N)CC(N)=O)C(=O)N1CCCC1C(=O)NC(CC(N)=O)C(=O)O. The largest absolute Gasteiger partial charge is 0.480 e. The number of nitrogens with zero attached hydrogens (tertiary/aromatic N) is 1. The quantitative estimate of drug-likeness (QED) is 0.136. The average Bonchev–Trinajstić information content (AvgIpc) is 3.18. The van der Waals surface area contributed by atoms with Crippen molar-refractivity contribution < 1.29 is 38.7 Å². The first-order valence-electron chi connectivity index (χ1n) is 10.1. The first-order chi connectivity index (χ1) is 15.3. The zero-order chi connectivity index (χ0) is 25.3. The maximum absolute atomic E-state index is 13.1. The van der Waals surface area contributed by atoms with E-state index in [1.807, 2.05) is 0 Å². The third kappa shape index (κ3) is 8.72. The van der Waals surface area contributed by atoms with E-state index < -0.39 is 78.4 Å². The zero-order valence-corrected chi connectivity index (χ0v) is 17.8. The van der Waals surface area contributed by atoms with Gasteiger partial charge in [0.05, 0.1) is 18.9 Å². The van der Waals surface area contributed by atoms with Crippen LogP contribution in [0.3, 0.4) is 0 Å². The van der Waals surface area contributed by atoms with Crippen LogP contribution in [0.4, 0.5) is 0 Å². The van der Waals surface area contributed by atoms with Crippen LogP contribution in [0.1, 0.15) is 38.5 Å². The van der Waals surface area contributed by atoms with Crippen molar-refractivity contribution in [3.05, 3.63) is 0 Å². The lowest BCUT2D eigenvalue weighted by Gasteiger charge is -2.29. The second-order valence-corrected chi connectivity index (χ2v) is 7.60. The van der Waals surface area contributed by atoms with Crippen molar-refractivity contribution in [1.82, 2.24) is 15.5 Å². The number of aliphatic carboxylic acids is 1. The van der Waals surface area contributed by atoms with E-state index in [1.165, 1.54) is 0 Å². The standard InChI is InChI=1S/C18H29N7O8/c19-8(6-13(21)27)15(29)23-9(3-4-12(20)26)17(31)25-5-1-2-11(25)16(30)24-10(18(32)33)7-14(22)28/h8-11H,1-7,19H2,(H2,20,26)(H2,21,27)(H2,22,28)(H,23,29)(H,24,30)(H,32,33). The first-order valence-corrected chi connectivity index (χ1v) is 10.1. The van der Waals surface area contributed by atoms with Crippen molar-refractivity contribution in [2.24, 2.45) is 22.9 Å². The average molecular weight is 471 g/mol. The Labute approximate surface area is 188 Å². The normalized spacial score (nSPS) is 18.0. The van der Waals surface area contributed by atoms with Crippen molar-refractivity contribution in [1.29, 1.82) is 0 Å². The van der Waals surface area contributed by atoms with Gasteiger partial charge in [0.25, 0.3) is 0 Å². The summed E-state index contributed by atoms with van der Waals surface area (Å²) < 4.78 is 0. The number of nitrogens with one attached hydrogen (secondary N) is 2. The van der Waals surface area contributed by atoms with E-state index in [9.17, 15) is 38.7 Å². The number of likely N-dealkylation sites (tertiary alicyclic amines) is 1. The van der Waals surface area contributed by atoms with E-state index in [-0.39, 0.29) is 25.8 Å². The maximum Gasteiger partial charge on any atom is 0.326 e. The number of carboxylic acids is 1. The van der Waals surface area contributed by atoms with Crippen LogP contribution in [0, 0.1) is 0 Å². The van der Waals surface area contributed by atoms with E-state index in [0.717, 1.165) is 4.90 Å². The molecule has 0 saturated carbocycles. The maximum atomic E-state index is 13.1. The van der Waals surface area contributed by atoms with Gasteiger partial charge in [0, 0.05) is 13.0 Å². The molecule has 184 valence electrons. The Bertz CT molecular complexity index is 818. The van der Waals surface area contributed by atoms with Gasteiger partial charge >= 0.3 is 5.97 Å². The molecule has 1 saturated heterocycles. The molecule has 15 nitrogen and oxygen atoms in total.